The molecule has 72 heavy (non-hydrogen) atoms. The summed E-state index contributed by atoms with van der Waals surface area (Å²) in [5, 5.41) is 2.25. The molecule has 4 nitrogen and oxygen atoms in total. The lowest BCUT2D eigenvalue weighted by molar-refractivity contribution is 0.436. The van der Waals surface area contributed by atoms with Crippen LogP contribution in [0.2, 0.25) is 0 Å². The molecule has 0 radical (unpaired) electrons. The van der Waals surface area contributed by atoms with E-state index < -0.39 is 10.8 Å². The fraction of sp³-hybridized carbons (Fsp3) is 0.0294. The van der Waals surface area contributed by atoms with Crippen LogP contribution in [-0.2, 0) is 10.8 Å². The zero-order valence-corrected chi connectivity index (χ0v) is 38.8. The minimum Gasteiger partial charge on any atom is -0.457 e. The van der Waals surface area contributed by atoms with Gasteiger partial charge in [-0.15, -0.1) is 0 Å². The average molecular weight is 920 g/mol. The highest BCUT2D eigenvalue weighted by molar-refractivity contribution is 6.06. The molecule has 0 N–H and O–H groups in total. The highest BCUT2D eigenvalue weighted by Gasteiger charge is 2.53. The number of benzene rings is 11. The smallest absolute Gasteiger partial charge is 0.136 e. The first kappa shape index (κ1) is 39.5. The molecule has 3 heterocycles. The molecule has 2 aliphatic carbocycles. The third-order valence-electron chi connectivity index (χ3n) is 16.0. The molecule has 11 aromatic carbocycles. The van der Waals surface area contributed by atoms with Crippen molar-refractivity contribution in [2.75, 3.05) is 4.90 Å². The van der Waals surface area contributed by atoms with E-state index in [-0.39, 0.29) is 0 Å². The number of fused-ring (bicyclic) bond motifs is 21. The maximum atomic E-state index is 6.74. The average Bonchev–Trinajstić information content (AvgIpc) is 4.07. The second kappa shape index (κ2) is 14.6. The van der Waals surface area contributed by atoms with Gasteiger partial charge < -0.3 is 18.8 Å². The zero-order valence-electron chi connectivity index (χ0n) is 38.8. The summed E-state index contributed by atoms with van der Waals surface area (Å²) >= 11 is 0. The van der Waals surface area contributed by atoms with Crippen LogP contribution in [0.1, 0.15) is 44.5 Å². The highest BCUT2D eigenvalue weighted by Crippen LogP contribution is 2.66. The summed E-state index contributed by atoms with van der Waals surface area (Å²) in [6.07, 6.45) is 0. The minimum absolute atomic E-state index is 0.577. The Hall–Kier alpha value is -9.38. The van der Waals surface area contributed by atoms with E-state index in [1.165, 1.54) is 44.5 Å². The lowest BCUT2D eigenvalue weighted by Crippen LogP contribution is -2.32. The van der Waals surface area contributed by atoms with Gasteiger partial charge in [0.2, 0.25) is 0 Å². The van der Waals surface area contributed by atoms with Crippen LogP contribution in [0.15, 0.2) is 253 Å². The molecular weight excluding hydrogens is 879 g/mol. The SMILES string of the molecule is c1ccc2c(c1)Oc1ccccc1C21c2ccccc2-c2cc(N(c3ccc(-c4ccc5c(c4)oc4ccccc45)cc3)c3cccc4c3-c3ccccc3C43c4ccccc4Oc4ccccc43)ccc21. The first-order valence-electron chi connectivity index (χ1n) is 24.7. The molecule has 1 aromatic heterocycles. The predicted octanol–water partition coefficient (Wildman–Crippen LogP) is 17.7. The van der Waals surface area contributed by atoms with Gasteiger partial charge in [-0.1, -0.05) is 176 Å². The van der Waals surface area contributed by atoms with Crippen LogP contribution >= 0.6 is 0 Å². The Morgan fingerprint density at radius 3 is 1.42 bits per heavy atom. The molecule has 2 aliphatic heterocycles. The second-order valence-electron chi connectivity index (χ2n) is 19.4. The topological polar surface area (TPSA) is 34.8 Å². The van der Waals surface area contributed by atoms with Crippen molar-refractivity contribution in [3.8, 4) is 56.4 Å². The molecule has 4 heteroatoms. The van der Waals surface area contributed by atoms with Crippen LogP contribution in [-0.4, -0.2) is 0 Å². The minimum atomic E-state index is -0.620. The van der Waals surface area contributed by atoms with E-state index in [0.29, 0.717) is 0 Å². The van der Waals surface area contributed by atoms with E-state index in [1.54, 1.807) is 0 Å². The number of para-hydroxylation sites is 5. The fourth-order valence-corrected chi connectivity index (χ4v) is 13.2. The third-order valence-corrected chi connectivity index (χ3v) is 16.0. The summed E-state index contributed by atoms with van der Waals surface area (Å²) in [7, 11) is 0. The number of hydrogen-bond acceptors (Lipinski definition) is 4. The molecule has 0 fully saturated rings. The highest BCUT2D eigenvalue weighted by atomic mass is 16.5. The van der Waals surface area contributed by atoms with Crippen molar-refractivity contribution in [3.63, 3.8) is 0 Å². The summed E-state index contributed by atoms with van der Waals surface area (Å²) in [4.78, 5) is 2.48. The monoisotopic (exact) mass is 919 g/mol. The van der Waals surface area contributed by atoms with Gasteiger partial charge in [0.05, 0.1) is 16.5 Å². The number of ether oxygens (including phenoxy) is 2. The van der Waals surface area contributed by atoms with Crippen molar-refractivity contribution in [2.24, 2.45) is 0 Å². The maximum Gasteiger partial charge on any atom is 0.136 e. The normalized spacial score (nSPS) is 14.3. The quantitative estimate of drug-likeness (QED) is 0.176. The van der Waals surface area contributed by atoms with Gasteiger partial charge in [-0.3, -0.25) is 0 Å². The van der Waals surface area contributed by atoms with Crippen molar-refractivity contribution in [1.29, 1.82) is 0 Å². The molecular formula is C68H41NO3. The van der Waals surface area contributed by atoms with Gasteiger partial charge in [-0.2, -0.15) is 0 Å². The van der Waals surface area contributed by atoms with Gasteiger partial charge in [0.15, 0.2) is 0 Å². The zero-order chi connectivity index (χ0) is 47.1. The van der Waals surface area contributed by atoms with Crippen molar-refractivity contribution >= 4 is 39.0 Å². The van der Waals surface area contributed by atoms with Crippen LogP contribution < -0.4 is 14.4 Å². The summed E-state index contributed by atoms with van der Waals surface area (Å²) < 4.78 is 19.8. The number of hydrogen-bond donors (Lipinski definition) is 0. The summed E-state index contributed by atoms with van der Waals surface area (Å²) in [6, 6.07) is 90.3. The molecule has 0 saturated carbocycles. The number of furan rings is 1. The number of rotatable bonds is 4. The van der Waals surface area contributed by atoms with E-state index in [4.69, 9.17) is 13.9 Å². The first-order chi connectivity index (χ1) is 35.7. The Balaban J connectivity index is 0.944. The lowest BCUT2D eigenvalue weighted by Gasteiger charge is -2.39. The van der Waals surface area contributed by atoms with E-state index in [0.717, 1.165) is 95.4 Å². The Morgan fingerprint density at radius 1 is 0.292 bits per heavy atom. The molecule has 0 amide bonds. The molecule has 0 unspecified atom stereocenters. The largest absolute Gasteiger partial charge is 0.457 e. The second-order valence-corrected chi connectivity index (χ2v) is 19.4. The van der Waals surface area contributed by atoms with Crippen LogP contribution in [0.4, 0.5) is 17.1 Å². The van der Waals surface area contributed by atoms with Gasteiger partial charge in [-0.05, 0) is 123 Å². The molecule has 0 saturated heterocycles. The molecule has 0 bridgehead atoms. The van der Waals surface area contributed by atoms with E-state index in [1.807, 2.05) is 12.1 Å². The Labute approximate surface area is 416 Å². The molecule has 4 aliphatic rings. The maximum absolute atomic E-state index is 6.74. The van der Waals surface area contributed by atoms with Crippen LogP contribution in [0, 0.1) is 0 Å². The number of nitrogens with zero attached hydrogens (tertiary/aromatic N) is 1. The van der Waals surface area contributed by atoms with Crippen LogP contribution in [0.25, 0.3) is 55.3 Å². The number of anilines is 3. The molecule has 2 spiro atoms. The van der Waals surface area contributed by atoms with Crippen molar-refractivity contribution in [2.45, 2.75) is 10.8 Å². The van der Waals surface area contributed by atoms with Gasteiger partial charge in [0, 0.05) is 50.0 Å². The van der Waals surface area contributed by atoms with Crippen molar-refractivity contribution in [1.82, 2.24) is 0 Å². The van der Waals surface area contributed by atoms with Gasteiger partial charge >= 0.3 is 0 Å². The molecule has 16 rings (SSSR count). The fourth-order valence-electron chi connectivity index (χ4n) is 13.2. The Kier molecular flexibility index (Phi) is 7.99. The third kappa shape index (κ3) is 5.10. The van der Waals surface area contributed by atoms with Gasteiger partial charge in [0.25, 0.3) is 0 Å². The van der Waals surface area contributed by atoms with E-state index >= 15 is 0 Å². The summed E-state index contributed by atoms with van der Waals surface area (Å²) in [5.41, 5.74) is 20.4. The van der Waals surface area contributed by atoms with Gasteiger partial charge in [0.1, 0.15) is 34.2 Å². The van der Waals surface area contributed by atoms with Crippen molar-refractivity contribution < 1.29 is 13.9 Å². The molecule has 336 valence electrons. The van der Waals surface area contributed by atoms with E-state index in [9.17, 15) is 0 Å². The van der Waals surface area contributed by atoms with Crippen LogP contribution in [0.5, 0.6) is 23.0 Å². The first-order valence-corrected chi connectivity index (χ1v) is 24.7. The predicted molar refractivity (Wildman–Crippen MR) is 289 cm³/mol. The molecule has 0 atom stereocenters. The van der Waals surface area contributed by atoms with Crippen molar-refractivity contribution in [3.05, 3.63) is 293 Å². The molecule has 12 aromatic rings. The standard InChI is InChI=1S/C68H41NO3/c1-4-19-51-46(16-1)50-41-45(37-39-53(50)67(51)54-21-6-11-28-61(54)71-62-29-12-7-22-55(62)67)69(44-35-32-42(33-36-44)43-34-38-48-47-17-3-10-27-60(47)70-65(48)40-43)59-26-15-25-58-66(59)49-18-2-5-20-52(49)68(58)56-23-8-13-30-63(56)72-64-31-14-9-24-57(64)68/h1-41H. The summed E-state index contributed by atoms with van der Waals surface area (Å²) in [6.45, 7) is 0. The van der Waals surface area contributed by atoms with Crippen LogP contribution in [0.3, 0.4) is 0 Å². The Morgan fingerprint density at radius 2 is 0.764 bits per heavy atom. The Bertz CT molecular complexity index is 4170. The van der Waals surface area contributed by atoms with Gasteiger partial charge in [-0.25, -0.2) is 0 Å². The lowest BCUT2D eigenvalue weighted by atomic mass is 9.66. The summed E-state index contributed by atoms with van der Waals surface area (Å²) in [5.74, 6) is 3.51. The van der Waals surface area contributed by atoms with E-state index in [2.05, 4.69) is 241 Å².